The number of hydrogen-bond acceptors (Lipinski definition) is 5. The summed E-state index contributed by atoms with van der Waals surface area (Å²) >= 11 is 1.33. The second-order valence-electron chi connectivity index (χ2n) is 3.63. The molecular formula is C11H10N2O4S2. The van der Waals surface area contributed by atoms with Crippen molar-refractivity contribution < 1.29 is 18.3 Å². The smallest absolute Gasteiger partial charge is 0.335 e. The van der Waals surface area contributed by atoms with Crippen LogP contribution in [-0.4, -0.2) is 24.5 Å². The topological polar surface area (TPSA) is 96.4 Å². The van der Waals surface area contributed by atoms with Gasteiger partial charge in [-0.1, -0.05) is 6.07 Å². The fourth-order valence-corrected chi connectivity index (χ4v) is 3.05. The van der Waals surface area contributed by atoms with Crippen LogP contribution in [0, 0.1) is 0 Å². The molecule has 0 atom stereocenters. The van der Waals surface area contributed by atoms with Gasteiger partial charge >= 0.3 is 5.97 Å². The molecule has 2 rings (SSSR count). The van der Waals surface area contributed by atoms with Crippen molar-refractivity contribution in [1.82, 2.24) is 9.71 Å². The second kappa shape index (κ2) is 5.47. The zero-order chi connectivity index (χ0) is 13.9. The number of sulfonamides is 1. The summed E-state index contributed by atoms with van der Waals surface area (Å²) in [4.78, 5) is 15.3. The van der Waals surface area contributed by atoms with Crippen molar-refractivity contribution >= 4 is 27.3 Å². The Labute approximate surface area is 113 Å². The summed E-state index contributed by atoms with van der Waals surface area (Å²) in [6.07, 6.45) is 1.57. The summed E-state index contributed by atoms with van der Waals surface area (Å²) < 4.78 is 26.4. The van der Waals surface area contributed by atoms with Crippen LogP contribution in [0.4, 0.5) is 0 Å². The molecule has 1 heterocycles. The fraction of sp³-hybridized carbons (Fsp3) is 0.0909. The van der Waals surface area contributed by atoms with Gasteiger partial charge in [0, 0.05) is 17.6 Å². The summed E-state index contributed by atoms with van der Waals surface area (Å²) in [5, 5.41) is 8.83. The van der Waals surface area contributed by atoms with Gasteiger partial charge in [-0.15, -0.1) is 11.3 Å². The molecule has 100 valence electrons. The number of nitrogens with one attached hydrogen (secondary N) is 1. The molecule has 0 aliphatic carbocycles. The highest BCUT2D eigenvalue weighted by molar-refractivity contribution is 7.89. The van der Waals surface area contributed by atoms with E-state index in [0.29, 0.717) is 0 Å². The summed E-state index contributed by atoms with van der Waals surface area (Å²) in [6, 6.07) is 5.20. The number of aromatic carboxylic acids is 1. The van der Waals surface area contributed by atoms with Crippen LogP contribution in [-0.2, 0) is 16.6 Å². The standard InChI is InChI=1S/C11H10N2O4S2/c14-11(15)8-2-1-3-10(4-8)19(16,17)13-6-9-5-12-7-18-9/h1-5,7,13H,6H2,(H,14,15). The molecule has 1 aromatic carbocycles. The highest BCUT2D eigenvalue weighted by atomic mass is 32.2. The highest BCUT2D eigenvalue weighted by Gasteiger charge is 2.15. The molecule has 2 aromatic rings. The minimum atomic E-state index is -3.73. The molecule has 0 bridgehead atoms. The molecule has 1 aromatic heterocycles. The van der Waals surface area contributed by atoms with Gasteiger partial charge in [0.2, 0.25) is 10.0 Å². The lowest BCUT2D eigenvalue weighted by molar-refractivity contribution is 0.0696. The Morgan fingerprint density at radius 1 is 1.42 bits per heavy atom. The molecule has 2 N–H and O–H groups in total. The average molecular weight is 298 g/mol. The van der Waals surface area contributed by atoms with E-state index in [4.69, 9.17) is 5.11 Å². The minimum Gasteiger partial charge on any atom is -0.478 e. The SMILES string of the molecule is O=C(O)c1cccc(S(=O)(=O)NCc2cncs2)c1. The lowest BCUT2D eigenvalue weighted by Crippen LogP contribution is -2.23. The monoisotopic (exact) mass is 298 g/mol. The Bertz CT molecular complexity index is 680. The third-order valence-corrected chi connectivity index (χ3v) is 4.49. The van der Waals surface area contributed by atoms with Crippen LogP contribution >= 0.6 is 11.3 Å². The number of benzene rings is 1. The predicted molar refractivity (Wildman–Crippen MR) is 69.5 cm³/mol. The van der Waals surface area contributed by atoms with E-state index in [1.807, 2.05) is 0 Å². The minimum absolute atomic E-state index is 0.0688. The Balaban J connectivity index is 2.19. The van der Waals surface area contributed by atoms with Crippen molar-refractivity contribution in [2.45, 2.75) is 11.4 Å². The number of hydrogen-bond donors (Lipinski definition) is 2. The second-order valence-corrected chi connectivity index (χ2v) is 6.36. The lowest BCUT2D eigenvalue weighted by atomic mass is 10.2. The van der Waals surface area contributed by atoms with Crippen LogP contribution < -0.4 is 4.72 Å². The van der Waals surface area contributed by atoms with Crippen molar-refractivity contribution in [2.24, 2.45) is 0 Å². The maximum Gasteiger partial charge on any atom is 0.335 e. The van der Waals surface area contributed by atoms with Gasteiger partial charge in [0.05, 0.1) is 16.0 Å². The molecule has 0 radical (unpaired) electrons. The van der Waals surface area contributed by atoms with Crippen LogP contribution in [0.3, 0.4) is 0 Å². The summed E-state index contributed by atoms with van der Waals surface area (Å²) in [6.45, 7) is 0.129. The first-order valence-corrected chi connectivity index (χ1v) is 7.56. The number of carboxylic acids is 1. The van der Waals surface area contributed by atoms with Gasteiger partial charge in [-0.3, -0.25) is 4.98 Å². The van der Waals surface area contributed by atoms with Gasteiger partial charge < -0.3 is 5.11 Å². The summed E-state index contributed by atoms with van der Waals surface area (Å²) in [5.41, 5.74) is 1.54. The first-order chi connectivity index (χ1) is 8.99. The normalized spacial score (nSPS) is 11.4. The first-order valence-electron chi connectivity index (χ1n) is 5.19. The number of carbonyl (C=O) groups is 1. The summed E-state index contributed by atoms with van der Waals surface area (Å²) in [5.74, 6) is -1.17. The Kier molecular flexibility index (Phi) is 3.93. The van der Waals surface area contributed by atoms with Crippen molar-refractivity contribution in [3.05, 3.63) is 46.4 Å². The van der Waals surface area contributed by atoms with Crippen LogP contribution in [0.25, 0.3) is 0 Å². The van der Waals surface area contributed by atoms with Gasteiger partial charge in [0.15, 0.2) is 0 Å². The van der Waals surface area contributed by atoms with Gasteiger partial charge in [-0.05, 0) is 18.2 Å². The Hall–Kier alpha value is -1.77. The molecule has 6 nitrogen and oxygen atoms in total. The Morgan fingerprint density at radius 3 is 2.84 bits per heavy atom. The number of rotatable bonds is 5. The zero-order valence-corrected chi connectivity index (χ0v) is 11.2. The molecule has 0 saturated heterocycles. The maximum atomic E-state index is 12.0. The average Bonchev–Trinajstić information content (AvgIpc) is 2.90. The van der Waals surface area contributed by atoms with Crippen LogP contribution in [0.5, 0.6) is 0 Å². The molecule has 0 unspecified atom stereocenters. The largest absolute Gasteiger partial charge is 0.478 e. The van der Waals surface area contributed by atoms with Gasteiger partial charge in [0.1, 0.15) is 0 Å². The number of nitrogens with zero attached hydrogens (tertiary/aromatic N) is 1. The Morgan fingerprint density at radius 2 is 2.21 bits per heavy atom. The van der Waals surface area contributed by atoms with Crippen molar-refractivity contribution in [3.63, 3.8) is 0 Å². The van der Waals surface area contributed by atoms with Crippen molar-refractivity contribution in [2.75, 3.05) is 0 Å². The number of thiazole rings is 1. The predicted octanol–water partition coefficient (Wildman–Crippen LogP) is 1.32. The van der Waals surface area contributed by atoms with Crippen molar-refractivity contribution in [1.29, 1.82) is 0 Å². The first kappa shape index (κ1) is 13.7. The molecule has 0 saturated carbocycles. The van der Waals surface area contributed by atoms with E-state index in [-0.39, 0.29) is 17.0 Å². The van der Waals surface area contributed by atoms with Crippen LogP contribution in [0.2, 0.25) is 0 Å². The zero-order valence-electron chi connectivity index (χ0n) is 9.61. The third kappa shape index (κ3) is 3.37. The molecule has 0 aliphatic rings. The van der Waals surface area contributed by atoms with Gasteiger partial charge in [-0.25, -0.2) is 17.9 Å². The van der Waals surface area contributed by atoms with E-state index in [9.17, 15) is 13.2 Å². The highest BCUT2D eigenvalue weighted by Crippen LogP contribution is 2.13. The number of aromatic nitrogens is 1. The van der Waals surface area contributed by atoms with E-state index in [1.54, 1.807) is 11.7 Å². The lowest BCUT2D eigenvalue weighted by Gasteiger charge is -2.06. The van der Waals surface area contributed by atoms with Gasteiger partial charge in [-0.2, -0.15) is 0 Å². The van der Waals surface area contributed by atoms with E-state index < -0.39 is 16.0 Å². The quantitative estimate of drug-likeness (QED) is 0.867. The van der Waals surface area contributed by atoms with E-state index in [2.05, 4.69) is 9.71 Å². The summed E-state index contributed by atoms with van der Waals surface area (Å²) in [7, 11) is -3.73. The van der Waals surface area contributed by atoms with E-state index in [1.165, 1.54) is 29.5 Å². The molecular weight excluding hydrogens is 288 g/mol. The van der Waals surface area contributed by atoms with E-state index in [0.717, 1.165) is 10.9 Å². The van der Waals surface area contributed by atoms with E-state index >= 15 is 0 Å². The maximum absolute atomic E-state index is 12.0. The van der Waals surface area contributed by atoms with Gasteiger partial charge in [0.25, 0.3) is 0 Å². The molecule has 0 amide bonds. The fourth-order valence-electron chi connectivity index (χ4n) is 1.38. The van der Waals surface area contributed by atoms with Crippen molar-refractivity contribution in [3.8, 4) is 0 Å². The molecule has 19 heavy (non-hydrogen) atoms. The molecule has 0 fully saturated rings. The molecule has 0 spiro atoms. The molecule has 0 aliphatic heterocycles. The third-order valence-electron chi connectivity index (χ3n) is 2.31. The number of carboxylic acid groups (broad SMARTS) is 1. The van der Waals surface area contributed by atoms with Crippen LogP contribution in [0.1, 0.15) is 15.2 Å². The molecule has 8 heteroatoms. The van der Waals surface area contributed by atoms with Crippen LogP contribution in [0.15, 0.2) is 40.9 Å².